The summed E-state index contributed by atoms with van der Waals surface area (Å²) in [5.41, 5.74) is 0. The van der Waals surface area contributed by atoms with Crippen molar-refractivity contribution in [2.45, 2.75) is 155 Å². The van der Waals surface area contributed by atoms with E-state index in [1.165, 1.54) is 71.1 Å². The molecule has 11 nitrogen and oxygen atoms in total. The van der Waals surface area contributed by atoms with Crippen LogP contribution in [0.15, 0.2) is 0 Å². The first-order chi connectivity index (χ1) is 20.2. The monoisotopic (exact) mass is 638 g/mol. The summed E-state index contributed by atoms with van der Waals surface area (Å²) in [7, 11) is -4.71. The molecule has 0 fully saturated rings. The van der Waals surface area contributed by atoms with Crippen LogP contribution in [0.4, 0.5) is 0 Å². The van der Waals surface area contributed by atoms with Gasteiger partial charge in [-0.25, -0.2) is 0 Å². The first kappa shape index (κ1) is 43.6. The van der Waals surface area contributed by atoms with Crippen molar-refractivity contribution in [2.75, 3.05) is 26.4 Å². The number of quaternary nitrogens is 1. The Labute approximate surface area is 261 Å². The van der Waals surface area contributed by atoms with Gasteiger partial charge in [0.05, 0.1) is 13.2 Å². The number of esters is 2. The van der Waals surface area contributed by atoms with Crippen molar-refractivity contribution in [2.24, 2.45) is 0 Å². The smallest absolute Gasteiger partial charge is 0.306 e. The molecular weight excluding hydrogens is 575 g/mol. The fourth-order valence-electron chi connectivity index (χ4n) is 4.38. The normalized spacial score (nSPS) is 13.0. The van der Waals surface area contributed by atoms with Crippen LogP contribution in [0.25, 0.3) is 0 Å². The Kier molecular flexibility index (Phi) is 30.9. The van der Waals surface area contributed by atoms with Crippen molar-refractivity contribution >= 4 is 25.7 Å². The van der Waals surface area contributed by atoms with Crippen LogP contribution in [-0.4, -0.2) is 50.3 Å². The van der Waals surface area contributed by atoms with Crippen LogP contribution in [0.1, 0.15) is 149 Å². The molecule has 0 radical (unpaired) electrons. The number of unbranched alkanes of at least 4 members (excludes halogenated alkanes) is 16. The topological polar surface area (TPSA) is 177 Å². The first-order valence-electron chi connectivity index (χ1n) is 16.4. The highest BCUT2D eigenvalue weighted by molar-refractivity contribution is 7.45. The van der Waals surface area contributed by atoms with E-state index in [9.17, 15) is 23.8 Å². The molecule has 5 N–H and O–H groups in total. The van der Waals surface area contributed by atoms with Crippen molar-refractivity contribution in [1.82, 2.24) is 11.5 Å². The van der Waals surface area contributed by atoms with Crippen molar-refractivity contribution in [3.8, 4) is 0 Å². The van der Waals surface area contributed by atoms with E-state index in [4.69, 9.17) is 18.5 Å². The molecule has 0 spiro atoms. The van der Waals surface area contributed by atoms with Crippen LogP contribution < -0.4 is 16.4 Å². The van der Waals surface area contributed by atoms with Crippen molar-refractivity contribution in [1.29, 1.82) is 0 Å². The van der Waals surface area contributed by atoms with Gasteiger partial charge < -0.3 is 34.9 Å². The lowest BCUT2D eigenvalue weighted by atomic mass is 10.1. The van der Waals surface area contributed by atoms with Gasteiger partial charge in [-0.2, -0.15) is 0 Å². The van der Waals surface area contributed by atoms with Crippen molar-refractivity contribution < 1.29 is 42.4 Å². The highest BCUT2D eigenvalue weighted by Gasteiger charge is 2.21. The van der Waals surface area contributed by atoms with Gasteiger partial charge >= 0.3 is 11.9 Å². The zero-order valence-corrected chi connectivity index (χ0v) is 28.6. The number of carbonyl (C=O) groups is 3. The molecule has 0 rings (SSSR count). The minimum atomic E-state index is -4.71. The van der Waals surface area contributed by atoms with Crippen LogP contribution >= 0.6 is 7.82 Å². The molecular formula is C31H63N2O9P. The van der Waals surface area contributed by atoms with Crippen LogP contribution in [0.3, 0.4) is 0 Å². The van der Waals surface area contributed by atoms with E-state index in [2.05, 4.69) is 19.2 Å². The number of phosphoric ester groups is 1. The average molecular weight is 639 g/mol. The summed E-state index contributed by atoms with van der Waals surface area (Å²) in [5, 5.41) is 2.42. The lowest BCUT2D eigenvalue weighted by molar-refractivity contribution is -0.228. The molecule has 1 unspecified atom stereocenters. The second kappa shape index (κ2) is 30.5. The average Bonchev–Trinajstić information content (AvgIpc) is 2.95. The minimum absolute atomic E-state index is 0. The third-order valence-corrected chi connectivity index (χ3v) is 7.81. The maximum atomic E-state index is 12.4. The van der Waals surface area contributed by atoms with E-state index >= 15 is 0 Å². The molecule has 12 heteroatoms. The van der Waals surface area contributed by atoms with E-state index in [0.717, 1.165) is 38.5 Å². The number of phosphoric acid groups is 1. The van der Waals surface area contributed by atoms with Crippen molar-refractivity contribution in [3.05, 3.63) is 0 Å². The van der Waals surface area contributed by atoms with E-state index in [0.29, 0.717) is 12.8 Å². The summed E-state index contributed by atoms with van der Waals surface area (Å²) < 4.78 is 32.4. The molecule has 0 bridgehead atoms. The fraction of sp³-hybridized carbons (Fsp3) is 0.903. The summed E-state index contributed by atoms with van der Waals surface area (Å²) >= 11 is 0. The molecule has 0 aliphatic heterocycles. The second-order valence-corrected chi connectivity index (χ2v) is 12.4. The van der Waals surface area contributed by atoms with Gasteiger partial charge in [0.15, 0.2) is 6.10 Å². The predicted molar refractivity (Wildman–Crippen MR) is 169 cm³/mol. The largest absolute Gasteiger partial charge is 0.756 e. The Bertz CT molecular complexity index is 740. The number of hydrogen-bond donors (Lipinski definition) is 2. The zero-order chi connectivity index (χ0) is 31.3. The number of carbonyl (C=O) groups excluding carboxylic acids is 3. The molecule has 0 aliphatic carbocycles. The minimum Gasteiger partial charge on any atom is -0.756 e. The van der Waals surface area contributed by atoms with Gasteiger partial charge in [0.1, 0.15) is 6.61 Å². The molecule has 0 aromatic rings. The second-order valence-electron chi connectivity index (χ2n) is 11.0. The molecule has 0 saturated carbocycles. The highest BCUT2D eigenvalue weighted by atomic mass is 31.2. The van der Waals surface area contributed by atoms with Crippen LogP contribution in [0.5, 0.6) is 0 Å². The Morgan fingerprint density at radius 3 is 1.58 bits per heavy atom. The lowest BCUT2D eigenvalue weighted by Gasteiger charge is -2.25. The molecule has 0 aromatic heterocycles. The summed E-state index contributed by atoms with van der Waals surface area (Å²) in [4.78, 5) is 47.7. The third kappa shape index (κ3) is 31.7. The third-order valence-electron chi connectivity index (χ3n) is 6.84. The van der Waals surface area contributed by atoms with Gasteiger partial charge in [0.25, 0.3) is 7.82 Å². The summed E-state index contributed by atoms with van der Waals surface area (Å²) in [6, 6.07) is 0. The van der Waals surface area contributed by atoms with Crippen LogP contribution in [0, 0.1) is 0 Å². The first-order valence-corrected chi connectivity index (χ1v) is 17.9. The molecule has 0 aromatic carbocycles. The molecule has 43 heavy (non-hydrogen) atoms. The Hall–Kier alpha value is -1.52. The van der Waals surface area contributed by atoms with E-state index in [1.54, 1.807) is 0 Å². The summed E-state index contributed by atoms with van der Waals surface area (Å²) in [6.45, 7) is 4.57. The molecule has 0 heterocycles. The Morgan fingerprint density at radius 2 is 1.12 bits per heavy atom. The van der Waals surface area contributed by atoms with Gasteiger partial charge in [0, 0.05) is 26.3 Å². The number of nitrogens with one attached hydrogen (secondary N) is 1. The molecule has 256 valence electrons. The van der Waals surface area contributed by atoms with Gasteiger partial charge in [-0.15, -0.1) is 0 Å². The Morgan fingerprint density at radius 1 is 0.674 bits per heavy atom. The number of hydrogen-bond acceptors (Lipinski definition) is 9. The standard InChI is InChI=1S/C31H60NO9P.H3N/c1-4-6-8-10-12-14-16-18-20-22-30(34)38-26-29(27-40-42(36,37)39-25-24-32-28(3)33)41-31(35)23-21-19-17-15-13-11-9-7-5-2;/h29H,4-27H2,1-3H3,(H,32,33)(H,36,37);1H3/t29-;/m1./s1. The number of ether oxygens (including phenoxy) is 2. The number of rotatable bonds is 30. The van der Waals surface area contributed by atoms with E-state index < -0.39 is 32.5 Å². The summed E-state index contributed by atoms with van der Waals surface area (Å²) in [5.74, 6) is -1.23. The highest BCUT2D eigenvalue weighted by Crippen LogP contribution is 2.38. The molecule has 2 atom stereocenters. The van der Waals surface area contributed by atoms with Gasteiger partial charge in [0.2, 0.25) is 5.91 Å². The van der Waals surface area contributed by atoms with Gasteiger partial charge in [-0.3, -0.25) is 18.9 Å². The fourth-order valence-corrected chi connectivity index (χ4v) is 5.11. The molecule has 0 aliphatic rings. The quantitative estimate of drug-likeness (QED) is 0.0464. The van der Waals surface area contributed by atoms with E-state index in [1.807, 2.05) is 0 Å². The predicted octanol–water partition coefficient (Wildman–Crippen LogP) is 7.30. The van der Waals surface area contributed by atoms with Crippen molar-refractivity contribution in [3.63, 3.8) is 0 Å². The maximum Gasteiger partial charge on any atom is 0.306 e. The van der Waals surface area contributed by atoms with Crippen LogP contribution in [-0.2, 0) is 37.5 Å². The molecule has 1 amide bonds. The Balaban J connectivity index is 0. The van der Waals surface area contributed by atoms with Gasteiger partial charge in [-0.1, -0.05) is 117 Å². The lowest BCUT2D eigenvalue weighted by Crippen LogP contribution is -2.30. The number of amides is 1. The van der Waals surface area contributed by atoms with Gasteiger partial charge in [-0.05, 0) is 12.8 Å². The van der Waals surface area contributed by atoms with Crippen LogP contribution in [0.2, 0.25) is 0 Å². The SMILES string of the molecule is CCCCCCCCCCCC(=O)OC[C@H](COP(=O)([O-])OCCNC(C)=O)OC(=O)CCCCCCCCCCC.[NH4+]. The maximum absolute atomic E-state index is 12.4. The van der Waals surface area contributed by atoms with E-state index in [-0.39, 0.29) is 44.7 Å². The molecule has 0 saturated heterocycles. The zero-order valence-electron chi connectivity index (χ0n) is 27.7. The summed E-state index contributed by atoms with van der Waals surface area (Å²) in [6.07, 6.45) is 19.5.